The molecule has 0 atom stereocenters. The van der Waals surface area contributed by atoms with Crippen LogP contribution in [0.4, 0.5) is 10.1 Å². The zero-order valence-electron chi connectivity index (χ0n) is 11.0. The average molecular weight is 295 g/mol. The van der Waals surface area contributed by atoms with Gasteiger partial charge < -0.3 is 5.11 Å². The fourth-order valence-electron chi connectivity index (χ4n) is 2.10. The number of hydrogen-bond donors (Lipinski definition) is 2. The molecule has 0 aliphatic carbocycles. The molecule has 0 fully saturated rings. The molecule has 0 aromatic heterocycles. The minimum atomic E-state index is -3.84. The highest BCUT2D eigenvalue weighted by Gasteiger charge is 2.20. The fourth-order valence-corrected chi connectivity index (χ4v) is 3.60. The molecule has 0 aliphatic heterocycles. The Morgan fingerprint density at radius 3 is 2.25 bits per heavy atom. The minimum Gasteiger partial charge on any atom is -0.508 e. The van der Waals surface area contributed by atoms with Gasteiger partial charge in [-0.3, -0.25) is 4.72 Å². The smallest absolute Gasteiger partial charge is 0.262 e. The van der Waals surface area contributed by atoms with E-state index in [1.54, 1.807) is 0 Å². The molecule has 0 radical (unpaired) electrons. The number of phenolic OH excluding ortho intramolecular Hbond substituents is 1. The van der Waals surface area contributed by atoms with Gasteiger partial charge in [0.25, 0.3) is 10.0 Å². The van der Waals surface area contributed by atoms with Gasteiger partial charge in [-0.25, -0.2) is 12.8 Å². The summed E-state index contributed by atoms with van der Waals surface area (Å²) in [6.45, 7) is 3.07. The lowest BCUT2D eigenvalue weighted by Crippen LogP contribution is -2.16. The molecule has 0 heterocycles. The van der Waals surface area contributed by atoms with Gasteiger partial charge in [0.2, 0.25) is 0 Å². The quantitative estimate of drug-likeness (QED) is 0.915. The van der Waals surface area contributed by atoms with Crippen LogP contribution in [0.25, 0.3) is 0 Å². The number of halogens is 1. The van der Waals surface area contributed by atoms with E-state index >= 15 is 0 Å². The lowest BCUT2D eigenvalue weighted by molar-refractivity contribution is 0.475. The van der Waals surface area contributed by atoms with E-state index in [2.05, 4.69) is 4.72 Å². The third kappa shape index (κ3) is 2.91. The molecule has 106 valence electrons. The van der Waals surface area contributed by atoms with Crippen LogP contribution < -0.4 is 4.72 Å². The molecule has 6 heteroatoms. The Morgan fingerprint density at radius 1 is 1.10 bits per heavy atom. The molecule has 20 heavy (non-hydrogen) atoms. The summed E-state index contributed by atoms with van der Waals surface area (Å²) in [5.74, 6) is -0.519. The standard InChI is InChI=1S/C14H14FNO3S/c1-9-6-11(15)7-10(2)14(9)20(18,19)16-12-4-3-5-13(17)8-12/h3-8,16-17H,1-2H3. The Hall–Kier alpha value is -2.08. The van der Waals surface area contributed by atoms with E-state index in [9.17, 15) is 17.9 Å². The number of aryl methyl sites for hydroxylation is 2. The molecule has 0 saturated heterocycles. The van der Waals surface area contributed by atoms with E-state index in [0.29, 0.717) is 11.1 Å². The summed E-state index contributed by atoms with van der Waals surface area (Å²) in [6, 6.07) is 8.12. The first kappa shape index (κ1) is 14.3. The highest BCUT2D eigenvalue weighted by Crippen LogP contribution is 2.25. The van der Waals surface area contributed by atoms with Crippen molar-refractivity contribution in [2.24, 2.45) is 0 Å². The molecule has 2 N–H and O–H groups in total. The second-order valence-corrected chi connectivity index (χ2v) is 6.14. The number of aromatic hydroxyl groups is 1. The van der Waals surface area contributed by atoms with Crippen molar-refractivity contribution in [1.29, 1.82) is 0 Å². The first-order valence-electron chi connectivity index (χ1n) is 5.88. The summed E-state index contributed by atoms with van der Waals surface area (Å²) in [4.78, 5) is 0.0437. The monoisotopic (exact) mass is 295 g/mol. The SMILES string of the molecule is Cc1cc(F)cc(C)c1S(=O)(=O)Nc1cccc(O)c1. The van der Waals surface area contributed by atoms with Crippen LogP contribution in [0.5, 0.6) is 5.75 Å². The number of hydrogen-bond acceptors (Lipinski definition) is 3. The van der Waals surface area contributed by atoms with Gasteiger partial charge in [0.15, 0.2) is 0 Å². The Bertz CT molecular complexity index is 734. The predicted octanol–water partition coefficient (Wildman–Crippen LogP) is 2.95. The maximum Gasteiger partial charge on any atom is 0.262 e. The fraction of sp³-hybridized carbons (Fsp3) is 0.143. The maximum absolute atomic E-state index is 13.2. The van der Waals surface area contributed by atoms with E-state index in [4.69, 9.17) is 0 Å². The molecule has 2 aromatic rings. The predicted molar refractivity (Wildman–Crippen MR) is 74.8 cm³/mol. The van der Waals surface area contributed by atoms with Crippen LogP contribution in [0.3, 0.4) is 0 Å². The zero-order valence-corrected chi connectivity index (χ0v) is 11.8. The van der Waals surface area contributed by atoms with Crippen molar-refractivity contribution in [2.45, 2.75) is 18.7 Å². The van der Waals surface area contributed by atoms with Gasteiger partial charge in [-0.15, -0.1) is 0 Å². The molecule has 0 aliphatic rings. The van der Waals surface area contributed by atoms with E-state index in [-0.39, 0.29) is 16.3 Å². The Labute approximate surface area is 116 Å². The highest BCUT2D eigenvalue weighted by atomic mass is 32.2. The number of anilines is 1. The summed E-state index contributed by atoms with van der Waals surface area (Å²) < 4.78 is 40.3. The molecular weight excluding hydrogens is 281 g/mol. The normalized spacial score (nSPS) is 11.3. The molecular formula is C14H14FNO3S. The molecule has 0 spiro atoms. The van der Waals surface area contributed by atoms with Crippen molar-refractivity contribution in [2.75, 3.05) is 4.72 Å². The van der Waals surface area contributed by atoms with Gasteiger partial charge in [0.1, 0.15) is 11.6 Å². The van der Waals surface area contributed by atoms with Crippen LogP contribution in [0, 0.1) is 19.7 Å². The molecule has 2 aromatic carbocycles. The lowest BCUT2D eigenvalue weighted by Gasteiger charge is -2.13. The topological polar surface area (TPSA) is 66.4 Å². The second-order valence-electron chi connectivity index (χ2n) is 4.52. The summed E-state index contributed by atoms with van der Waals surface area (Å²) >= 11 is 0. The number of nitrogens with one attached hydrogen (secondary N) is 1. The van der Waals surface area contributed by atoms with E-state index in [1.165, 1.54) is 50.2 Å². The third-order valence-corrected chi connectivity index (χ3v) is 4.48. The van der Waals surface area contributed by atoms with Crippen molar-refractivity contribution in [1.82, 2.24) is 0 Å². The van der Waals surface area contributed by atoms with Gasteiger partial charge in [-0.2, -0.15) is 0 Å². The summed E-state index contributed by atoms with van der Waals surface area (Å²) in [7, 11) is -3.84. The van der Waals surface area contributed by atoms with Crippen molar-refractivity contribution >= 4 is 15.7 Å². The van der Waals surface area contributed by atoms with Gasteiger partial charge in [0, 0.05) is 6.07 Å². The molecule has 0 saturated carbocycles. The Balaban J connectivity index is 2.46. The van der Waals surface area contributed by atoms with Crippen LogP contribution in [-0.4, -0.2) is 13.5 Å². The summed E-state index contributed by atoms with van der Waals surface area (Å²) in [5, 5.41) is 9.34. The summed E-state index contributed by atoms with van der Waals surface area (Å²) in [5.41, 5.74) is 0.901. The molecule has 0 unspecified atom stereocenters. The number of phenols is 1. The number of rotatable bonds is 3. The zero-order chi connectivity index (χ0) is 14.9. The van der Waals surface area contributed by atoms with E-state index in [1.807, 2.05) is 0 Å². The van der Waals surface area contributed by atoms with Crippen molar-refractivity contribution in [3.05, 3.63) is 53.3 Å². The maximum atomic E-state index is 13.2. The van der Waals surface area contributed by atoms with Crippen molar-refractivity contribution < 1.29 is 17.9 Å². The molecule has 0 bridgehead atoms. The van der Waals surface area contributed by atoms with Gasteiger partial charge in [0.05, 0.1) is 10.6 Å². The molecule has 4 nitrogen and oxygen atoms in total. The Morgan fingerprint density at radius 2 is 1.70 bits per heavy atom. The molecule has 2 rings (SSSR count). The Kier molecular flexibility index (Phi) is 3.67. The highest BCUT2D eigenvalue weighted by molar-refractivity contribution is 7.92. The third-order valence-electron chi connectivity index (χ3n) is 2.79. The van der Waals surface area contributed by atoms with Crippen LogP contribution in [0.15, 0.2) is 41.3 Å². The van der Waals surface area contributed by atoms with Crippen LogP contribution in [0.2, 0.25) is 0 Å². The van der Waals surface area contributed by atoms with Crippen LogP contribution in [-0.2, 0) is 10.0 Å². The number of benzene rings is 2. The van der Waals surface area contributed by atoms with Crippen molar-refractivity contribution in [3.8, 4) is 5.75 Å². The first-order valence-corrected chi connectivity index (χ1v) is 7.36. The van der Waals surface area contributed by atoms with Crippen molar-refractivity contribution in [3.63, 3.8) is 0 Å². The largest absolute Gasteiger partial charge is 0.508 e. The number of sulfonamides is 1. The average Bonchev–Trinajstić information content (AvgIpc) is 2.25. The molecule has 0 amide bonds. The van der Waals surface area contributed by atoms with Gasteiger partial charge in [-0.1, -0.05) is 6.07 Å². The van der Waals surface area contributed by atoms with E-state index in [0.717, 1.165) is 0 Å². The minimum absolute atomic E-state index is 0.0437. The van der Waals surface area contributed by atoms with Gasteiger partial charge >= 0.3 is 0 Å². The second kappa shape index (κ2) is 5.13. The van der Waals surface area contributed by atoms with Crippen LogP contribution in [0.1, 0.15) is 11.1 Å². The first-order chi connectivity index (χ1) is 9.29. The lowest BCUT2D eigenvalue weighted by atomic mass is 10.1. The van der Waals surface area contributed by atoms with E-state index < -0.39 is 15.8 Å². The van der Waals surface area contributed by atoms with Crippen LogP contribution >= 0.6 is 0 Å². The summed E-state index contributed by atoms with van der Waals surface area (Å²) in [6.07, 6.45) is 0. The van der Waals surface area contributed by atoms with Gasteiger partial charge in [-0.05, 0) is 49.2 Å².